The summed E-state index contributed by atoms with van der Waals surface area (Å²) in [6.07, 6.45) is 5.15. The number of nitrogen functional groups attached to an aromatic ring is 1. The van der Waals surface area contributed by atoms with Gasteiger partial charge in [-0.1, -0.05) is 0 Å². The van der Waals surface area contributed by atoms with Gasteiger partial charge in [0.15, 0.2) is 5.43 Å². The van der Waals surface area contributed by atoms with Crippen molar-refractivity contribution in [3.63, 3.8) is 0 Å². The van der Waals surface area contributed by atoms with Crippen molar-refractivity contribution in [3.05, 3.63) is 58.8 Å². The average Bonchev–Trinajstić information content (AvgIpc) is 2.32. The smallest absolute Gasteiger partial charge is 0.181 e. The van der Waals surface area contributed by atoms with Crippen molar-refractivity contribution in [2.45, 2.75) is 6.54 Å². The molecule has 3 N–H and O–H groups in total. The first-order valence-corrected chi connectivity index (χ1v) is 4.85. The first-order valence-electron chi connectivity index (χ1n) is 4.85. The number of pyridine rings is 2. The molecule has 0 fully saturated rings. The van der Waals surface area contributed by atoms with Crippen molar-refractivity contribution in [1.82, 2.24) is 9.55 Å². The van der Waals surface area contributed by atoms with Crippen LogP contribution >= 0.6 is 0 Å². The molecule has 0 radical (unpaired) electrons. The Hall–Kier alpha value is -2.14. The Morgan fingerprint density at radius 1 is 1.31 bits per heavy atom. The molecule has 0 aromatic carbocycles. The lowest BCUT2D eigenvalue weighted by molar-refractivity contribution is 0.766. The fraction of sp³-hybridized carbons (Fsp3) is 0.0909. The third-order valence-electron chi connectivity index (χ3n) is 2.19. The number of hydrogen-bond donors (Lipinski definition) is 2. The molecule has 0 aliphatic heterocycles. The number of nitrogens with zero attached hydrogens (tertiary/aromatic N) is 2. The highest BCUT2D eigenvalue weighted by Gasteiger charge is 1.96. The molecule has 0 unspecified atom stereocenters. The zero-order valence-corrected chi connectivity index (χ0v) is 8.63. The van der Waals surface area contributed by atoms with Gasteiger partial charge in [0.25, 0.3) is 0 Å². The minimum absolute atomic E-state index is 0.00147. The molecular formula is C11H12N4O. The monoisotopic (exact) mass is 216 g/mol. The molecule has 0 amide bonds. The predicted molar refractivity (Wildman–Crippen MR) is 61.9 cm³/mol. The maximum Gasteiger partial charge on any atom is 0.181 e. The van der Waals surface area contributed by atoms with Crippen LogP contribution in [0.15, 0.2) is 47.7 Å². The van der Waals surface area contributed by atoms with Crippen LogP contribution in [0, 0.1) is 0 Å². The highest BCUT2D eigenvalue weighted by molar-refractivity contribution is 5.41. The fourth-order valence-corrected chi connectivity index (χ4v) is 1.39. The topological polar surface area (TPSA) is 72.9 Å². The lowest BCUT2D eigenvalue weighted by atomic mass is 10.3. The van der Waals surface area contributed by atoms with E-state index in [0.717, 1.165) is 11.4 Å². The molecule has 16 heavy (non-hydrogen) atoms. The summed E-state index contributed by atoms with van der Waals surface area (Å²) in [7, 11) is 0. The second-order valence-electron chi connectivity index (χ2n) is 3.39. The Kier molecular flexibility index (Phi) is 2.98. The van der Waals surface area contributed by atoms with Gasteiger partial charge in [-0.2, -0.15) is 0 Å². The third-order valence-corrected chi connectivity index (χ3v) is 2.19. The molecule has 5 nitrogen and oxygen atoms in total. The quantitative estimate of drug-likeness (QED) is 0.581. The molecular weight excluding hydrogens is 204 g/mol. The number of nitrogens with two attached hydrogens (primary N) is 1. The Balaban J connectivity index is 2.20. The van der Waals surface area contributed by atoms with Gasteiger partial charge in [0.2, 0.25) is 0 Å². The number of hydrazine groups is 1. The summed E-state index contributed by atoms with van der Waals surface area (Å²) < 4.78 is 1.88. The maximum absolute atomic E-state index is 10.9. The summed E-state index contributed by atoms with van der Waals surface area (Å²) >= 11 is 0. The maximum atomic E-state index is 10.9. The van der Waals surface area contributed by atoms with Crippen LogP contribution in [0.25, 0.3) is 0 Å². The minimum Gasteiger partial charge on any atom is -0.348 e. The molecule has 0 aliphatic rings. The second kappa shape index (κ2) is 4.59. The Morgan fingerprint density at radius 3 is 2.75 bits per heavy atom. The van der Waals surface area contributed by atoms with Crippen LogP contribution in [0.2, 0.25) is 0 Å². The number of rotatable bonds is 3. The minimum atomic E-state index is 0.00147. The van der Waals surface area contributed by atoms with Crippen LogP contribution in [0.1, 0.15) is 5.69 Å². The fourth-order valence-electron chi connectivity index (χ4n) is 1.39. The highest BCUT2D eigenvalue weighted by Crippen LogP contribution is 2.07. The molecule has 0 bridgehead atoms. The van der Waals surface area contributed by atoms with Crippen molar-refractivity contribution in [2.24, 2.45) is 5.84 Å². The van der Waals surface area contributed by atoms with Crippen molar-refractivity contribution in [1.29, 1.82) is 0 Å². The van der Waals surface area contributed by atoms with Gasteiger partial charge in [0, 0.05) is 30.7 Å². The SMILES string of the molecule is NNc1ccnc(Cn2ccc(=O)cc2)c1. The van der Waals surface area contributed by atoms with E-state index in [2.05, 4.69) is 10.4 Å². The van der Waals surface area contributed by atoms with Gasteiger partial charge in [-0.05, 0) is 12.1 Å². The average molecular weight is 216 g/mol. The van der Waals surface area contributed by atoms with E-state index in [1.54, 1.807) is 24.7 Å². The summed E-state index contributed by atoms with van der Waals surface area (Å²) in [6, 6.07) is 6.68. The zero-order chi connectivity index (χ0) is 11.4. The highest BCUT2D eigenvalue weighted by atomic mass is 16.1. The molecule has 82 valence electrons. The van der Waals surface area contributed by atoms with Gasteiger partial charge in [-0.25, -0.2) is 0 Å². The summed E-state index contributed by atoms with van der Waals surface area (Å²) in [5, 5.41) is 0. The first-order chi connectivity index (χ1) is 7.78. The molecule has 2 aromatic heterocycles. The number of aromatic nitrogens is 2. The molecule has 2 heterocycles. The van der Waals surface area contributed by atoms with Gasteiger partial charge in [-0.15, -0.1) is 0 Å². The van der Waals surface area contributed by atoms with Crippen molar-refractivity contribution >= 4 is 5.69 Å². The van der Waals surface area contributed by atoms with Crippen molar-refractivity contribution < 1.29 is 0 Å². The van der Waals surface area contributed by atoms with E-state index in [4.69, 9.17) is 5.84 Å². The number of nitrogens with one attached hydrogen (secondary N) is 1. The van der Waals surface area contributed by atoms with Crippen LogP contribution < -0.4 is 16.7 Å². The Labute approximate surface area is 92.5 Å². The zero-order valence-electron chi connectivity index (χ0n) is 8.63. The van der Waals surface area contributed by atoms with Gasteiger partial charge < -0.3 is 9.99 Å². The lowest BCUT2D eigenvalue weighted by Gasteiger charge is -2.06. The van der Waals surface area contributed by atoms with Crippen LogP contribution in [0.5, 0.6) is 0 Å². The van der Waals surface area contributed by atoms with Crippen LogP contribution in [-0.4, -0.2) is 9.55 Å². The molecule has 2 aromatic rings. The number of hydrogen-bond acceptors (Lipinski definition) is 4. The van der Waals surface area contributed by atoms with Gasteiger partial charge >= 0.3 is 0 Å². The standard InChI is InChI=1S/C11H12N4O/c12-14-9-1-4-13-10(7-9)8-15-5-2-11(16)3-6-15/h1-7H,8,12H2,(H,13,14). The molecule has 0 saturated heterocycles. The normalized spacial score (nSPS) is 10.1. The second-order valence-corrected chi connectivity index (χ2v) is 3.39. The summed E-state index contributed by atoms with van der Waals surface area (Å²) in [6.45, 7) is 0.607. The summed E-state index contributed by atoms with van der Waals surface area (Å²) in [5.74, 6) is 5.31. The molecule has 0 atom stereocenters. The van der Waals surface area contributed by atoms with Gasteiger partial charge in [0.05, 0.1) is 17.9 Å². The molecule has 0 spiro atoms. The van der Waals surface area contributed by atoms with Crippen molar-refractivity contribution in [2.75, 3.05) is 5.43 Å². The third kappa shape index (κ3) is 2.46. The number of anilines is 1. The summed E-state index contributed by atoms with van der Waals surface area (Å²) in [4.78, 5) is 15.1. The van der Waals surface area contributed by atoms with Crippen LogP contribution in [0.3, 0.4) is 0 Å². The first kappa shape index (κ1) is 10.4. The van der Waals surface area contributed by atoms with E-state index in [9.17, 15) is 4.79 Å². The van der Waals surface area contributed by atoms with E-state index < -0.39 is 0 Å². The van der Waals surface area contributed by atoms with Crippen molar-refractivity contribution in [3.8, 4) is 0 Å². The van der Waals surface area contributed by atoms with Crippen LogP contribution in [-0.2, 0) is 6.54 Å². The van der Waals surface area contributed by atoms with E-state index in [0.29, 0.717) is 6.54 Å². The Morgan fingerprint density at radius 2 is 2.06 bits per heavy atom. The predicted octanol–water partition coefficient (Wildman–Crippen LogP) is 0.577. The van der Waals surface area contributed by atoms with E-state index >= 15 is 0 Å². The largest absolute Gasteiger partial charge is 0.348 e. The molecule has 0 saturated carbocycles. The lowest BCUT2D eigenvalue weighted by Crippen LogP contribution is -2.09. The molecule has 5 heteroatoms. The van der Waals surface area contributed by atoms with E-state index in [1.807, 2.05) is 10.6 Å². The summed E-state index contributed by atoms with van der Waals surface area (Å²) in [5.41, 5.74) is 4.25. The van der Waals surface area contributed by atoms with Gasteiger partial charge in [-0.3, -0.25) is 15.6 Å². The van der Waals surface area contributed by atoms with E-state index in [-0.39, 0.29) is 5.43 Å². The molecule has 2 rings (SSSR count). The Bertz CT molecular complexity index is 515. The molecule has 0 aliphatic carbocycles. The van der Waals surface area contributed by atoms with Gasteiger partial charge in [0.1, 0.15) is 0 Å². The van der Waals surface area contributed by atoms with Crippen LogP contribution in [0.4, 0.5) is 5.69 Å². The van der Waals surface area contributed by atoms with E-state index in [1.165, 1.54) is 12.1 Å².